The largest absolute Gasteiger partial charge is 0.388 e. The number of aryl methyl sites for hydroxylation is 1. The molecule has 1 aromatic carbocycles. The van der Waals surface area contributed by atoms with Crippen LogP contribution >= 0.6 is 0 Å². The highest BCUT2D eigenvalue weighted by Crippen LogP contribution is 2.16. The summed E-state index contributed by atoms with van der Waals surface area (Å²) in [5, 5.41) is 3.08. The average molecular weight is 163 g/mol. The summed E-state index contributed by atoms with van der Waals surface area (Å²) in [5.41, 5.74) is 3.02. The summed E-state index contributed by atoms with van der Waals surface area (Å²) in [6, 6.07) is 5.67. The lowest BCUT2D eigenvalue weighted by molar-refractivity contribution is 0.112. The lowest BCUT2D eigenvalue weighted by Crippen LogP contribution is -1.95. The Bertz CT molecular complexity index is 281. The van der Waals surface area contributed by atoms with Crippen molar-refractivity contribution in [3.8, 4) is 0 Å². The number of rotatable bonds is 3. The number of aldehydes is 1. The Hall–Kier alpha value is -1.31. The van der Waals surface area contributed by atoms with Gasteiger partial charge in [-0.2, -0.15) is 0 Å². The van der Waals surface area contributed by atoms with Gasteiger partial charge >= 0.3 is 0 Å². The van der Waals surface area contributed by atoms with Crippen molar-refractivity contribution in [3.05, 3.63) is 29.3 Å². The number of hydrogen-bond acceptors (Lipinski definition) is 2. The molecule has 0 bridgehead atoms. The van der Waals surface area contributed by atoms with Gasteiger partial charge in [0.1, 0.15) is 6.29 Å². The first-order chi connectivity index (χ1) is 5.81. The molecule has 0 radical (unpaired) electrons. The van der Waals surface area contributed by atoms with E-state index in [1.54, 1.807) is 0 Å². The van der Waals surface area contributed by atoms with Crippen LogP contribution in [0.3, 0.4) is 0 Å². The van der Waals surface area contributed by atoms with Crippen molar-refractivity contribution < 1.29 is 4.79 Å². The van der Waals surface area contributed by atoms with Gasteiger partial charge in [0.15, 0.2) is 0 Å². The lowest BCUT2D eigenvalue weighted by atomic mass is 10.1. The molecular weight excluding hydrogens is 150 g/mol. The zero-order valence-electron chi connectivity index (χ0n) is 7.42. The third-order valence-corrected chi connectivity index (χ3v) is 1.92. The van der Waals surface area contributed by atoms with E-state index in [4.69, 9.17) is 0 Å². The number of anilines is 1. The predicted molar refractivity (Wildman–Crippen MR) is 50.8 cm³/mol. The molecule has 64 valence electrons. The zero-order chi connectivity index (χ0) is 8.97. The highest BCUT2D eigenvalue weighted by atomic mass is 16.1. The number of benzene rings is 1. The van der Waals surface area contributed by atoms with E-state index in [9.17, 15) is 4.79 Å². The number of hydrogen-bond donors (Lipinski definition) is 1. The van der Waals surface area contributed by atoms with Crippen LogP contribution in [0.25, 0.3) is 0 Å². The molecule has 0 aliphatic heterocycles. The van der Waals surface area contributed by atoms with Gasteiger partial charge in [0.2, 0.25) is 0 Å². The van der Waals surface area contributed by atoms with Gasteiger partial charge in [-0.3, -0.25) is 4.79 Å². The zero-order valence-corrected chi connectivity index (χ0v) is 7.42. The average Bonchev–Trinajstić information content (AvgIpc) is 2.16. The fraction of sp³-hybridized carbons (Fsp3) is 0.300. The first kappa shape index (κ1) is 8.78. The van der Waals surface area contributed by atoms with Gasteiger partial charge in [-0.1, -0.05) is 6.92 Å². The Morgan fingerprint density at radius 1 is 1.50 bits per heavy atom. The quantitative estimate of drug-likeness (QED) is 0.691. The first-order valence-electron chi connectivity index (χ1n) is 4.07. The smallest absolute Gasteiger partial charge is 0.150 e. The molecule has 0 heterocycles. The second-order valence-corrected chi connectivity index (χ2v) is 2.64. The van der Waals surface area contributed by atoms with Crippen LogP contribution in [0.15, 0.2) is 18.2 Å². The van der Waals surface area contributed by atoms with Crippen molar-refractivity contribution in [1.29, 1.82) is 0 Å². The molecule has 0 aliphatic rings. The van der Waals surface area contributed by atoms with Crippen molar-refractivity contribution in [2.24, 2.45) is 0 Å². The Labute approximate surface area is 72.6 Å². The number of carbonyl (C=O) groups excluding carboxylic acids is 1. The summed E-state index contributed by atoms with van der Waals surface area (Å²) in [6.07, 6.45) is 1.82. The minimum Gasteiger partial charge on any atom is -0.388 e. The summed E-state index contributed by atoms with van der Waals surface area (Å²) in [4.78, 5) is 10.5. The van der Waals surface area contributed by atoms with Crippen molar-refractivity contribution in [3.63, 3.8) is 0 Å². The molecule has 2 heteroatoms. The molecule has 0 aromatic heterocycles. The summed E-state index contributed by atoms with van der Waals surface area (Å²) in [7, 11) is 1.88. The van der Waals surface area contributed by atoms with Gasteiger partial charge in [0, 0.05) is 18.3 Å². The van der Waals surface area contributed by atoms with E-state index in [1.165, 1.54) is 5.56 Å². The second kappa shape index (κ2) is 3.90. The van der Waals surface area contributed by atoms with Crippen LogP contribution in [0.2, 0.25) is 0 Å². The SMILES string of the molecule is CCc1cc(C=O)ccc1NC. The minimum atomic E-state index is 0.742. The van der Waals surface area contributed by atoms with Crippen LogP contribution in [-0.2, 0) is 6.42 Å². The Balaban J connectivity index is 3.10. The van der Waals surface area contributed by atoms with E-state index in [2.05, 4.69) is 12.2 Å². The molecule has 0 saturated carbocycles. The fourth-order valence-corrected chi connectivity index (χ4v) is 1.22. The first-order valence-corrected chi connectivity index (χ1v) is 4.07. The van der Waals surface area contributed by atoms with Crippen LogP contribution < -0.4 is 5.32 Å². The second-order valence-electron chi connectivity index (χ2n) is 2.64. The Morgan fingerprint density at radius 3 is 2.75 bits per heavy atom. The maximum Gasteiger partial charge on any atom is 0.150 e. The minimum absolute atomic E-state index is 0.742. The summed E-state index contributed by atoms with van der Waals surface area (Å²) in [5.74, 6) is 0. The summed E-state index contributed by atoms with van der Waals surface area (Å²) < 4.78 is 0. The van der Waals surface area contributed by atoms with Crippen molar-refractivity contribution in [1.82, 2.24) is 0 Å². The molecule has 0 unspecified atom stereocenters. The van der Waals surface area contributed by atoms with E-state index in [1.807, 2.05) is 25.2 Å². The Morgan fingerprint density at radius 2 is 2.25 bits per heavy atom. The molecule has 0 amide bonds. The van der Waals surface area contributed by atoms with Gasteiger partial charge in [-0.15, -0.1) is 0 Å². The maximum absolute atomic E-state index is 10.5. The van der Waals surface area contributed by atoms with Crippen molar-refractivity contribution in [2.75, 3.05) is 12.4 Å². The molecule has 0 aliphatic carbocycles. The molecule has 2 nitrogen and oxygen atoms in total. The van der Waals surface area contributed by atoms with E-state index >= 15 is 0 Å². The topological polar surface area (TPSA) is 29.1 Å². The van der Waals surface area contributed by atoms with Crippen LogP contribution in [0.1, 0.15) is 22.8 Å². The van der Waals surface area contributed by atoms with Crippen LogP contribution in [0.5, 0.6) is 0 Å². The third kappa shape index (κ3) is 1.64. The third-order valence-electron chi connectivity index (χ3n) is 1.92. The molecule has 0 atom stereocenters. The Kier molecular flexibility index (Phi) is 2.86. The standard InChI is InChI=1S/C10H13NO/c1-3-9-6-8(7-12)4-5-10(9)11-2/h4-7,11H,3H2,1-2H3. The predicted octanol–water partition coefficient (Wildman–Crippen LogP) is 2.10. The van der Waals surface area contributed by atoms with Crippen LogP contribution in [0, 0.1) is 0 Å². The van der Waals surface area contributed by atoms with Crippen LogP contribution in [0.4, 0.5) is 5.69 Å². The van der Waals surface area contributed by atoms with Gasteiger partial charge in [0.25, 0.3) is 0 Å². The summed E-state index contributed by atoms with van der Waals surface area (Å²) >= 11 is 0. The molecule has 0 fully saturated rings. The highest BCUT2D eigenvalue weighted by molar-refractivity contribution is 5.76. The van der Waals surface area contributed by atoms with Gasteiger partial charge in [-0.05, 0) is 30.2 Å². The molecule has 1 N–H and O–H groups in total. The van der Waals surface area contributed by atoms with E-state index in [-0.39, 0.29) is 0 Å². The number of carbonyl (C=O) groups is 1. The van der Waals surface area contributed by atoms with Crippen LogP contribution in [-0.4, -0.2) is 13.3 Å². The summed E-state index contributed by atoms with van der Waals surface area (Å²) in [6.45, 7) is 2.07. The van der Waals surface area contributed by atoms with Crippen molar-refractivity contribution >= 4 is 12.0 Å². The highest BCUT2D eigenvalue weighted by Gasteiger charge is 1.99. The van der Waals surface area contributed by atoms with E-state index in [0.29, 0.717) is 0 Å². The van der Waals surface area contributed by atoms with E-state index in [0.717, 1.165) is 24.0 Å². The molecule has 1 aromatic rings. The fourth-order valence-electron chi connectivity index (χ4n) is 1.22. The number of nitrogens with one attached hydrogen (secondary N) is 1. The lowest BCUT2D eigenvalue weighted by Gasteiger charge is -2.06. The van der Waals surface area contributed by atoms with Gasteiger partial charge < -0.3 is 5.32 Å². The monoisotopic (exact) mass is 163 g/mol. The molecular formula is C10H13NO. The van der Waals surface area contributed by atoms with Crippen molar-refractivity contribution in [2.45, 2.75) is 13.3 Å². The molecule has 1 rings (SSSR count). The van der Waals surface area contributed by atoms with Gasteiger partial charge in [-0.25, -0.2) is 0 Å². The normalized spacial score (nSPS) is 9.50. The molecule has 0 saturated heterocycles. The molecule has 0 spiro atoms. The maximum atomic E-state index is 10.5. The van der Waals surface area contributed by atoms with E-state index < -0.39 is 0 Å². The van der Waals surface area contributed by atoms with Gasteiger partial charge in [0.05, 0.1) is 0 Å². The molecule has 12 heavy (non-hydrogen) atoms.